The van der Waals surface area contributed by atoms with E-state index < -0.39 is 29.1 Å². The number of aromatic nitrogens is 3. The second-order valence-electron chi connectivity index (χ2n) is 9.86. The summed E-state index contributed by atoms with van der Waals surface area (Å²) in [5.41, 5.74) is 0.286. The third-order valence-corrected chi connectivity index (χ3v) is 8.07. The number of rotatable bonds is 6. The maximum absolute atomic E-state index is 15.9. The highest BCUT2D eigenvalue weighted by atomic mass is 35.5. The molecule has 2 aromatic carbocycles. The van der Waals surface area contributed by atoms with Crippen LogP contribution in [0.1, 0.15) is 38.2 Å². The van der Waals surface area contributed by atoms with Crippen LogP contribution in [0.5, 0.6) is 0 Å². The van der Waals surface area contributed by atoms with E-state index in [4.69, 9.17) is 21.3 Å². The molecule has 0 radical (unpaired) electrons. The first-order valence-electron chi connectivity index (χ1n) is 12.2. The Labute approximate surface area is 241 Å². The number of nitrogens with one attached hydrogen (secondary N) is 1. The maximum Gasteiger partial charge on any atom is 0.410 e. The van der Waals surface area contributed by atoms with Crippen molar-refractivity contribution >= 4 is 46.7 Å². The molecule has 1 saturated heterocycles. The van der Waals surface area contributed by atoms with Crippen molar-refractivity contribution in [3.05, 3.63) is 76.4 Å². The van der Waals surface area contributed by atoms with Gasteiger partial charge in [0.2, 0.25) is 5.28 Å². The average molecular weight is 606 g/mol. The molecule has 2 aromatic heterocycles. The molecule has 0 saturated carbocycles. The van der Waals surface area contributed by atoms with Crippen LogP contribution in [0.4, 0.5) is 23.7 Å². The van der Waals surface area contributed by atoms with Gasteiger partial charge < -0.3 is 9.46 Å². The number of thiazole rings is 1. The number of ether oxygens (including phenoxy) is 1. The molecule has 1 unspecified atom stereocenters. The van der Waals surface area contributed by atoms with Crippen LogP contribution >= 0.6 is 34.9 Å². The van der Waals surface area contributed by atoms with Crippen molar-refractivity contribution in [2.24, 2.45) is 0 Å². The molecule has 5 rings (SSSR count). The van der Waals surface area contributed by atoms with Crippen LogP contribution in [-0.4, -0.2) is 38.1 Å². The fourth-order valence-electron chi connectivity index (χ4n) is 3.94. The van der Waals surface area contributed by atoms with Crippen LogP contribution in [0.3, 0.4) is 0 Å². The van der Waals surface area contributed by atoms with Gasteiger partial charge in [-0.2, -0.15) is 0 Å². The first-order chi connectivity index (χ1) is 19.0. The molecule has 3 heterocycles. The number of halogens is 4. The molecule has 13 heteroatoms. The number of carbonyl (C=O) groups excluding carboxylic acids is 1. The molecule has 7 nitrogen and oxygen atoms in total. The van der Waals surface area contributed by atoms with Gasteiger partial charge >= 0.3 is 6.09 Å². The van der Waals surface area contributed by atoms with Crippen molar-refractivity contribution in [3.8, 4) is 21.8 Å². The van der Waals surface area contributed by atoms with Crippen LogP contribution in [0.15, 0.2) is 53.6 Å². The number of likely N-dealkylation sites (tertiary alicyclic amines) is 1. The minimum atomic E-state index is -0.656. The Morgan fingerprint density at radius 1 is 1.18 bits per heavy atom. The van der Waals surface area contributed by atoms with Crippen LogP contribution in [-0.2, 0) is 4.74 Å². The monoisotopic (exact) mass is 605 g/mol. The summed E-state index contributed by atoms with van der Waals surface area (Å²) >= 11 is 8.08. The van der Waals surface area contributed by atoms with Gasteiger partial charge in [-0.3, -0.25) is 4.90 Å². The van der Waals surface area contributed by atoms with Crippen molar-refractivity contribution in [3.63, 3.8) is 0 Å². The van der Waals surface area contributed by atoms with Gasteiger partial charge in [0.1, 0.15) is 22.2 Å². The topological polar surface area (TPSA) is 80.2 Å². The van der Waals surface area contributed by atoms with E-state index >= 15 is 4.39 Å². The molecule has 0 aliphatic carbocycles. The van der Waals surface area contributed by atoms with Crippen LogP contribution in [0, 0.1) is 17.5 Å². The van der Waals surface area contributed by atoms with E-state index in [2.05, 4.69) is 14.7 Å². The van der Waals surface area contributed by atoms with Gasteiger partial charge in [-0.15, -0.1) is 11.3 Å². The summed E-state index contributed by atoms with van der Waals surface area (Å²) in [5.74, 6) is -1.90. The van der Waals surface area contributed by atoms with E-state index in [1.165, 1.54) is 23.6 Å². The molecule has 1 aliphatic rings. The number of amides is 1. The Morgan fingerprint density at radius 2 is 1.98 bits per heavy atom. The largest absolute Gasteiger partial charge is 0.444 e. The zero-order chi connectivity index (χ0) is 28.6. The normalized spacial score (nSPS) is 15.1. The van der Waals surface area contributed by atoms with E-state index in [1.54, 1.807) is 43.9 Å². The molecule has 0 spiro atoms. The average Bonchev–Trinajstić information content (AvgIpc) is 3.27. The first kappa shape index (κ1) is 28.2. The molecule has 0 bridgehead atoms. The van der Waals surface area contributed by atoms with E-state index in [1.807, 2.05) is 0 Å². The summed E-state index contributed by atoms with van der Waals surface area (Å²) in [4.78, 5) is 27.8. The van der Waals surface area contributed by atoms with E-state index in [0.29, 0.717) is 34.2 Å². The highest BCUT2D eigenvalue weighted by Gasteiger charge is 2.39. The number of nitrogens with zero attached hydrogens (tertiary/aromatic N) is 4. The third kappa shape index (κ3) is 6.03. The summed E-state index contributed by atoms with van der Waals surface area (Å²) < 4.78 is 51.9. The highest BCUT2D eigenvalue weighted by molar-refractivity contribution is 8.00. The highest BCUT2D eigenvalue weighted by Crippen LogP contribution is 2.44. The van der Waals surface area contributed by atoms with Gasteiger partial charge in [-0.1, -0.05) is 6.07 Å². The Balaban J connectivity index is 1.51. The molecular formula is C27H23ClF3N5O2S2. The van der Waals surface area contributed by atoms with Gasteiger partial charge in [0.05, 0.1) is 32.9 Å². The zero-order valence-electron chi connectivity index (χ0n) is 21.5. The number of hydrogen-bond acceptors (Lipinski definition) is 8. The minimum Gasteiger partial charge on any atom is -0.444 e. The van der Waals surface area contributed by atoms with E-state index in [-0.39, 0.29) is 27.5 Å². The lowest BCUT2D eigenvalue weighted by Gasteiger charge is -2.40. The van der Waals surface area contributed by atoms with Gasteiger partial charge in [-0.25, -0.2) is 32.9 Å². The summed E-state index contributed by atoms with van der Waals surface area (Å²) in [7, 11) is 0. The van der Waals surface area contributed by atoms with Crippen LogP contribution in [0.25, 0.3) is 21.8 Å². The Hall–Kier alpha value is -3.35. The van der Waals surface area contributed by atoms with E-state index in [9.17, 15) is 13.6 Å². The lowest BCUT2D eigenvalue weighted by atomic mass is 10.0. The summed E-state index contributed by atoms with van der Waals surface area (Å²) in [5, 5.41) is 0.604. The van der Waals surface area contributed by atoms with Crippen molar-refractivity contribution in [2.75, 3.05) is 11.3 Å². The molecule has 1 N–H and O–H groups in total. The van der Waals surface area contributed by atoms with Gasteiger partial charge in [0.15, 0.2) is 5.82 Å². The molecule has 1 fully saturated rings. The second-order valence-corrected chi connectivity index (χ2v) is 12.1. The zero-order valence-corrected chi connectivity index (χ0v) is 23.9. The van der Waals surface area contributed by atoms with Crippen molar-refractivity contribution in [1.82, 2.24) is 19.9 Å². The number of anilines is 1. The Morgan fingerprint density at radius 3 is 2.67 bits per heavy atom. The fraction of sp³-hybridized carbons (Fsp3) is 0.259. The summed E-state index contributed by atoms with van der Waals surface area (Å²) in [6.45, 7) is 5.89. The molecule has 1 aliphatic heterocycles. The van der Waals surface area contributed by atoms with Gasteiger partial charge in [-0.05, 0) is 87.1 Å². The fourth-order valence-corrected chi connectivity index (χ4v) is 6.00. The lowest BCUT2D eigenvalue weighted by molar-refractivity contribution is -0.00577. The van der Waals surface area contributed by atoms with Gasteiger partial charge in [0, 0.05) is 18.3 Å². The SMILES string of the molecule is CC(C)(C)OC(=O)N1CCC1c1nc(-c2cccc(NSc3cc(F)ccc3F)c2F)c(-c2ccnc(Cl)n2)s1. The number of carbonyl (C=O) groups is 1. The quantitative estimate of drug-likeness (QED) is 0.175. The standard InChI is InChI=1S/C27H23ClF3N5O2S2/c1-27(2,3)38-26(37)36-12-10-19(36)24-34-22(23(39-24)18-9-11-32-25(28)33-18)15-5-4-6-17(21(15)31)35-40-20-13-14(29)7-8-16(20)30/h4-9,11,13,19,35H,10,12H2,1-3H3. The number of hydrogen-bond donors (Lipinski definition) is 1. The summed E-state index contributed by atoms with van der Waals surface area (Å²) in [6.07, 6.45) is 1.70. The summed E-state index contributed by atoms with van der Waals surface area (Å²) in [6, 6.07) is 8.99. The Bertz CT molecular complexity index is 1580. The van der Waals surface area contributed by atoms with Crippen LogP contribution in [0.2, 0.25) is 5.28 Å². The third-order valence-electron chi connectivity index (χ3n) is 5.85. The lowest BCUT2D eigenvalue weighted by Crippen LogP contribution is -2.47. The molecular weight excluding hydrogens is 583 g/mol. The predicted molar refractivity (Wildman–Crippen MR) is 150 cm³/mol. The molecule has 40 heavy (non-hydrogen) atoms. The smallest absolute Gasteiger partial charge is 0.410 e. The number of benzene rings is 2. The van der Waals surface area contributed by atoms with Crippen LogP contribution < -0.4 is 4.72 Å². The molecule has 208 valence electrons. The van der Waals surface area contributed by atoms with E-state index in [0.717, 1.165) is 30.1 Å². The molecule has 1 atom stereocenters. The molecule has 1 amide bonds. The second kappa shape index (κ2) is 11.3. The van der Waals surface area contributed by atoms with Crippen molar-refractivity contribution < 1.29 is 22.7 Å². The van der Waals surface area contributed by atoms with Crippen molar-refractivity contribution in [2.45, 2.75) is 43.7 Å². The predicted octanol–water partition coefficient (Wildman–Crippen LogP) is 8.14. The minimum absolute atomic E-state index is 0.0156. The maximum atomic E-state index is 15.9. The van der Waals surface area contributed by atoms with Crippen molar-refractivity contribution in [1.29, 1.82) is 0 Å². The first-order valence-corrected chi connectivity index (χ1v) is 14.2. The molecule has 4 aromatic rings. The van der Waals surface area contributed by atoms with Gasteiger partial charge in [0.25, 0.3) is 0 Å². The Kier molecular flexibility index (Phi) is 7.94.